The fourth-order valence-electron chi connectivity index (χ4n) is 0.820. The summed E-state index contributed by atoms with van der Waals surface area (Å²) in [6, 6.07) is 4.04. The van der Waals surface area contributed by atoms with E-state index in [2.05, 4.69) is 0 Å². The Bertz CT molecular complexity index is 407. The van der Waals surface area contributed by atoms with Gasteiger partial charge in [-0.3, -0.25) is 0 Å². The van der Waals surface area contributed by atoms with Gasteiger partial charge in [0, 0.05) is 6.61 Å². The summed E-state index contributed by atoms with van der Waals surface area (Å²) in [5, 5.41) is 20.7. The van der Waals surface area contributed by atoms with Crippen molar-refractivity contribution in [2.24, 2.45) is 0 Å². The average molecular weight is 415 g/mol. The van der Waals surface area contributed by atoms with Crippen LogP contribution in [0.4, 0.5) is 0 Å². The van der Waals surface area contributed by atoms with Crippen molar-refractivity contribution in [3.05, 3.63) is 48.0 Å². The molecule has 0 atom stereocenters. The van der Waals surface area contributed by atoms with Crippen LogP contribution in [0.5, 0.6) is 5.75 Å². The molecule has 0 unspecified atom stereocenters. The first-order valence-electron chi connectivity index (χ1n) is 5.16. The lowest BCUT2D eigenvalue weighted by Crippen LogP contribution is -1.78. The fraction of sp³-hybridized carbons (Fsp3) is 0.167. The van der Waals surface area contributed by atoms with Crippen LogP contribution in [-0.2, 0) is 0 Å². The summed E-state index contributed by atoms with van der Waals surface area (Å²) >= 11 is 29.6. The fourth-order valence-corrected chi connectivity index (χ4v) is 2.40. The van der Waals surface area contributed by atoms with Crippen LogP contribution in [0.1, 0.15) is 8.35 Å². The summed E-state index contributed by atoms with van der Waals surface area (Å²) in [6.45, 7) is 1.93. The van der Waals surface area contributed by atoms with Gasteiger partial charge in [-0.2, -0.15) is 11.3 Å². The Morgan fingerprint density at radius 2 is 1.19 bits per heavy atom. The van der Waals surface area contributed by atoms with Gasteiger partial charge < -0.3 is 16.4 Å². The van der Waals surface area contributed by atoms with Crippen molar-refractivity contribution in [2.45, 2.75) is 6.92 Å². The van der Waals surface area contributed by atoms with Gasteiger partial charge in [-0.25, -0.2) is 0 Å². The first-order chi connectivity index (χ1) is 9.38. The number of hydrogen-bond acceptors (Lipinski definition) is 4. The molecule has 0 saturated heterocycles. The third kappa shape index (κ3) is 7.77. The second kappa shape index (κ2) is 12.6. The molecule has 1 aromatic carbocycles. The van der Waals surface area contributed by atoms with Gasteiger partial charge in [0.25, 0.3) is 0 Å². The second-order valence-corrected chi connectivity index (χ2v) is 5.73. The summed E-state index contributed by atoms with van der Waals surface area (Å²) in [7, 11) is 0. The number of aromatic hydroxyl groups is 1. The normalized spacial score (nSPS) is 8.71. The lowest BCUT2D eigenvalue weighted by Gasteiger charge is -2.06. The van der Waals surface area contributed by atoms with Gasteiger partial charge in [-0.1, -0.05) is 70.1 Å². The highest BCUT2D eigenvalue weighted by Crippen LogP contribution is 2.47. The van der Waals surface area contributed by atoms with E-state index in [9.17, 15) is 5.11 Å². The van der Waals surface area contributed by atoms with Crippen LogP contribution in [-0.4, -0.2) is 16.8 Å². The monoisotopic (exact) mass is 412 g/mol. The first kappa shape index (κ1) is 23.4. The van der Waals surface area contributed by atoms with Crippen LogP contribution in [0, 0.1) is 0 Å². The Morgan fingerprint density at radius 3 is 1.43 bits per heavy atom. The third-order valence-electron chi connectivity index (χ3n) is 1.61. The molecule has 0 aliphatic carbocycles. The van der Waals surface area contributed by atoms with Gasteiger partial charge in [0.1, 0.15) is 10.0 Å². The number of phenols is 1. The van der Waals surface area contributed by atoms with Gasteiger partial charge in [0.05, 0.1) is 15.1 Å². The molecule has 21 heavy (non-hydrogen) atoms. The largest absolute Gasteiger partial charge is 1.00 e. The zero-order chi connectivity index (χ0) is 15.7. The molecule has 0 spiro atoms. The van der Waals surface area contributed by atoms with E-state index >= 15 is 0 Å². The van der Waals surface area contributed by atoms with Crippen molar-refractivity contribution in [1.82, 2.24) is 6.15 Å². The first-order valence-corrected chi connectivity index (χ1v) is 8.00. The van der Waals surface area contributed by atoms with Gasteiger partial charge >= 0.3 is 1.43 Å². The van der Waals surface area contributed by atoms with E-state index in [4.69, 9.17) is 63.1 Å². The van der Waals surface area contributed by atoms with Crippen LogP contribution in [0.3, 0.4) is 0 Å². The van der Waals surface area contributed by atoms with E-state index < -0.39 is 0 Å². The molecule has 5 N–H and O–H groups in total. The van der Waals surface area contributed by atoms with Crippen LogP contribution in [0.25, 0.3) is 0 Å². The summed E-state index contributed by atoms with van der Waals surface area (Å²) in [4.78, 5) is 0. The number of hydrogen-bond donors (Lipinski definition) is 3. The molecule has 3 nitrogen and oxygen atoms in total. The maximum Gasteiger partial charge on any atom is 1.00 e. The standard InChI is InChI=1S/C6HCl5O.C4H4S.C2H6O.H3N/c7-1-2(8)4(10)6(12)5(11)3(1)9;1-2-4-5-3-1;1-2-3;/h12H;1-4H;3H,2H2,1H3;1H3/p+1. The summed E-state index contributed by atoms with van der Waals surface area (Å²) in [5.74, 6) is -0.363. The maximum atomic E-state index is 9.20. The SMILES string of the molecule is CCO.N.Oc1c(Cl)c(Cl)c(Cl)c(Cl)c1Cl.[H+].c1ccsc1. The molecular weight excluding hydrogens is 399 g/mol. The molecule has 120 valence electrons. The quantitative estimate of drug-likeness (QED) is 0.332. The van der Waals surface area contributed by atoms with Crippen LogP contribution in [0.2, 0.25) is 25.1 Å². The van der Waals surface area contributed by atoms with Crippen LogP contribution in [0.15, 0.2) is 22.9 Å². The van der Waals surface area contributed by atoms with Crippen molar-refractivity contribution in [3.63, 3.8) is 0 Å². The predicted molar refractivity (Wildman–Crippen MR) is 96.4 cm³/mol. The molecule has 0 aliphatic heterocycles. The zero-order valence-corrected chi connectivity index (χ0v) is 15.5. The van der Waals surface area contributed by atoms with E-state index in [1.165, 1.54) is 0 Å². The maximum absolute atomic E-state index is 9.20. The molecule has 1 aromatic heterocycles. The molecule has 0 amide bonds. The molecule has 0 fully saturated rings. The minimum atomic E-state index is -0.363. The molecule has 2 aromatic rings. The van der Waals surface area contributed by atoms with E-state index in [1.54, 1.807) is 18.3 Å². The van der Waals surface area contributed by atoms with Gasteiger partial charge in [0.15, 0.2) is 5.75 Å². The molecule has 0 saturated carbocycles. The van der Waals surface area contributed by atoms with Gasteiger partial charge in [-0.05, 0) is 17.7 Å². The molecule has 1 heterocycles. The lowest BCUT2D eigenvalue weighted by molar-refractivity contribution is 0.318. The number of halogens is 5. The van der Waals surface area contributed by atoms with E-state index in [0.717, 1.165) is 0 Å². The number of rotatable bonds is 0. The summed E-state index contributed by atoms with van der Waals surface area (Å²) in [6.07, 6.45) is 0. The van der Waals surface area contributed by atoms with Crippen molar-refractivity contribution in [1.29, 1.82) is 0 Å². The number of aliphatic hydroxyl groups is 1. The molecule has 2 rings (SSSR count). The summed E-state index contributed by atoms with van der Waals surface area (Å²) < 4.78 is 0. The molecule has 0 radical (unpaired) electrons. The van der Waals surface area contributed by atoms with E-state index in [0.29, 0.717) is 0 Å². The van der Waals surface area contributed by atoms with Crippen molar-refractivity contribution < 1.29 is 11.6 Å². The predicted octanol–water partition coefficient (Wildman–Crippen LogP) is 6.68. The Hall–Kier alpha value is 0.0900. The Balaban J connectivity index is -0.000000304. The van der Waals surface area contributed by atoms with Crippen molar-refractivity contribution >= 4 is 69.3 Å². The minimum absolute atomic E-state index is 0. The third-order valence-corrected chi connectivity index (χ3v) is 4.50. The Morgan fingerprint density at radius 1 is 0.905 bits per heavy atom. The van der Waals surface area contributed by atoms with Crippen LogP contribution >= 0.6 is 69.3 Å². The number of aliphatic hydroxyl groups excluding tert-OH is 1. The summed E-state index contributed by atoms with van der Waals surface area (Å²) in [5.41, 5.74) is 0. The molecule has 0 aliphatic rings. The molecule has 9 heteroatoms. The zero-order valence-electron chi connectivity index (χ0n) is 11.9. The highest BCUT2D eigenvalue weighted by molar-refractivity contribution is 7.07. The number of phenolic OH excluding ortho intramolecular Hbond substituents is 1. The second-order valence-electron chi connectivity index (χ2n) is 3.03. The smallest absolute Gasteiger partial charge is 0.505 e. The number of benzene rings is 1. The average Bonchev–Trinajstić information content (AvgIpc) is 3.01. The minimum Gasteiger partial charge on any atom is -0.505 e. The highest BCUT2D eigenvalue weighted by Gasteiger charge is 2.18. The molecular formula is C12H15Cl5NO2S+. The number of thiophene rings is 1. The van der Waals surface area contributed by atoms with E-state index in [1.807, 2.05) is 22.9 Å². The van der Waals surface area contributed by atoms with Gasteiger partial charge in [0.2, 0.25) is 0 Å². The van der Waals surface area contributed by atoms with Crippen molar-refractivity contribution in [2.75, 3.05) is 6.61 Å². The van der Waals surface area contributed by atoms with E-state index in [-0.39, 0.29) is 45.0 Å². The van der Waals surface area contributed by atoms with Gasteiger partial charge in [-0.15, -0.1) is 0 Å². The van der Waals surface area contributed by atoms with Crippen molar-refractivity contribution in [3.8, 4) is 5.75 Å². The topological polar surface area (TPSA) is 75.5 Å². The Labute approximate surface area is 154 Å². The van der Waals surface area contributed by atoms with Crippen LogP contribution < -0.4 is 6.15 Å². The Kier molecular flexibility index (Phi) is 14.0. The highest BCUT2D eigenvalue weighted by atomic mass is 35.5. The lowest BCUT2D eigenvalue weighted by atomic mass is 10.3. The molecule has 0 bridgehead atoms.